The average Bonchev–Trinajstić information content (AvgIpc) is 2.44. The Morgan fingerprint density at radius 1 is 0.960 bits per heavy atom. The molecule has 1 aliphatic rings. The highest BCUT2D eigenvalue weighted by molar-refractivity contribution is 7.96. The van der Waals surface area contributed by atoms with Gasteiger partial charge in [-0.2, -0.15) is 0 Å². The van der Waals surface area contributed by atoms with E-state index in [-0.39, 0.29) is 21.7 Å². The SMILES string of the molecule is C[S+](CC1(O)C(C)(C)CCCC1(C)C)c1ccccc1.F[B-](F)(F)F. The van der Waals surface area contributed by atoms with Crippen molar-refractivity contribution in [1.82, 2.24) is 0 Å². The van der Waals surface area contributed by atoms with E-state index in [9.17, 15) is 22.4 Å². The molecule has 1 aromatic rings. The third-order valence-corrected chi connectivity index (χ3v) is 7.34. The highest BCUT2D eigenvalue weighted by Crippen LogP contribution is 2.54. The first-order chi connectivity index (χ1) is 11.2. The number of aliphatic hydroxyl groups is 1. The van der Waals surface area contributed by atoms with Gasteiger partial charge >= 0.3 is 7.25 Å². The Balaban J connectivity index is 0.000000550. The van der Waals surface area contributed by atoms with Gasteiger partial charge in [0, 0.05) is 10.9 Å². The molecule has 1 saturated carbocycles. The van der Waals surface area contributed by atoms with Gasteiger partial charge in [0.25, 0.3) is 0 Å². The summed E-state index contributed by atoms with van der Waals surface area (Å²) < 4.78 is 39.0. The largest absolute Gasteiger partial charge is 0.673 e. The van der Waals surface area contributed by atoms with Gasteiger partial charge in [0.05, 0.1) is 0 Å². The zero-order valence-corrected chi connectivity index (χ0v) is 16.5. The lowest BCUT2D eigenvalue weighted by molar-refractivity contribution is -0.160. The highest BCUT2D eigenvalue weighted by Gasteiger charge is 2.58. The maximum Gasteiger partial charge on any atom is 0.673 e. The van der Waals surface area contributed by atoms with Crippen molar-refractivity contribution >= 4 is 18.1 Å². The molecule has 0 aromatic heterocycles. The molecule has 0 saturated heterocycles. The zero-order valence-electron chi connectivity index (χ0n) is 15.7. The minimum absolute atomic E-state index is 0.00914. The predicted octanol–water partition coefficient (Wildman–Crippen LogP) is 5.56. The first-order valence-electron chi connectivity index (χ1n) is 8.47. The number of hydrogen-bond donors (Lipinski definition) is 1. The summed E-state index contributed by atoms with van der Waals surface area (Å²) in [6, 6.07) is 10.6. The monoisotopic (exact) mass is 380 g/mol. The molecule has 1 N–H and O–H groups in total. The van der Waals surface area contributed by atoms with E-state index in [0.717, 1.165) is 18.6 Å². The van der Waals surface area contributed by atoms with Gasteiger partial charge in [-0.1, -0.05) is 52.3 Å². The summed E-state index contributed by atoms with van der Waals surface area (Å²) in [4.78, 5) is 1.36. The minimum Gasteiger partial charge on any atom is -0.418 e. The predicted molar refractivity (Wildman–Crippen MR) is 99.4 cm³/mol. The molecule has 1 unspecified atom stereocenters. The summed E-state index contributed by atoms with van der Waals surface area (Å²) in [5, 5.41) is 11.6. The third kappa shape index (κ3) is 5.92. The van der Waals surface area contributed by atoms with Crippen molar-refractivity contribution in [3.63, 3.8) is 0 Å². The number of hydrogen-bond acceptors (Lipinski definition) is 1. The molecule has 0 radical (unpaired) electrons. The average molecular weight is 380 g/mol. The molecule has 1 aliphatic carbocycles. The van der Waals surface area contributed by atoms with Crippen LogP contribution >= 0.6 is 0 Å². The van der Waals surface area contributed by atoms with Crippen LogP contribution in [-0.2, 0) is 10.9 Å². The van der Waals surface area contributed by atoms with Gasteiger partial charge in [0.15, 0.2) is 4.90 Å². The summed E-state index contributed by atoms with van der Waals surface area (Å²) in [6.45, 7) is 8.98. The van der Waals surface area contributed by atoms with Crippen LogP contribution in [0.25, 0.3) is 0 Å². The van der Waals surface area contributed by atoms with Crippen LogP contribution in [0.15, 0.2) is 35.2 Å². The van der Waals surface area contributed by atoms with Gasteiger partial charge in [-0.3, -0.25) is 0 Å². The van der Waals surface area contributed by atoms with Crippen LogP contribution in [0.3, 0.4) is 0 Å². The van der Waals surface area contributed by atoms with E-state index in [2.05, 4.69) is 64.3 Å². The van der Waals surface area contributed by atoms with Gasteiger partial charge in [0.1, 0.15) is 17.6 Å². The van der Waals surface area contributed by atoms with Gasteiger partial charge in [-0.05, 0) is 35.8 Å². The second kappa shape index (κ2) is 7.91. The molecule has 1 aromatic carbocycles. The number of benzene rings is 1. The summed E-state index contributed by atoms with van der Waals surface area (Å²) in [6.07, 6.45) is 5.75. The fourth-order valence-corrected chi connectivity index (χ4v) is 5.94. The fourth-order valence-electron chi connectivity index (χ4n) is 3.74. The molecule has 1 atom stereocenters. The molecule has 1 nitrogen and oxygen atoms in total. The van der Waals surface area contributed by atoms with E-state index in [4.69, 9.17) is 0 Å². The zero-order chi connectivity index (χ0) is 19.5. The summed E-state index contributed by atoms with van der Waals surface area (Å²) >= 11 is 0. The number of halogens is 4. The lowest BCUT2D eigenvalue weighted by Crippen LogP contribution is -2.61. The Morgan fingerprint density at radius 2 is 1.36 bits per heavy atom. The standard InChI is InChI=1S/C18H29OS.BF4/c1-16(2)12-9-13-17(3,4)18(16,19)14-20(5)15-10-7-6-8-11-15;2-1(3,4)5/h6-8,10-11,19H,9,12-14H2,1-5H3;/q+1;-1. The van der Waals surface area contributed by atoms with Crippen molar-refractivity contribution in [3.8, 4) is 0 Å². The quantitative estimate of drug-likeness (QED) is 0.414. The fraction of sp³-hybridized carbons (Fsp3) is 0.667. The van der Waals surface area contributed by atoms with Crippen LogP contribution in [0.5, 0.6) is 0 Å². The van der Waals surface area contributed by atoms with Crippen molar-refractivity contribution < 1.29 is 22.4 Å². The molecule has 25 heavy (non-hydrogen) atoms. The van der Waals surface area contributed by atoms with Crippen molar-refractivity contribution in [2.24, 2.45) is 10.8 Å². The lowest BCUT2D eigenvalue weighted by Gasteiger charge is -2.55. The van der Waals surface area contributed by atoms with Crippen LogP contribution < -0.4 is 0 Å². The molecule has 1 fully saturated rings. The van der Waals surface area contributed by atoms with Crippen LogP contribution in [0.4, 0.5) is 17.3 Å². The lowest BCUT2D eigenvalue weighted by atomic mass is 9.55. The van der Waals surface area contributed by atoms with E-state index in [1.54, 1.807) is 0 Å². The molecular formula is C18H29BF4OS. The molecule has 2 rings (SSSR count). The normalized spacial score (nSPS) is 22.5. The smallest absolute Gasteiger partial charge is 0.418 e. The van der Waals surface area contributed by atoms with E-state index >= 15 is 0 Å². The Hall–Kier alpha value is -0.685. The molecular weight excluding hydrogens is 351 g/mol. The molecule has 0 bridgehead atoms. The van der Waals surface area contributed by atoms with E-state index in [0.29, 0.717) is 0 Å². The minimum atomic E-state index is -6.00. The molecule has 0 amide bonds. The molecule has 0 aliphatic heterocycles. The molecule has 0 heterocycles. The topological polar surface area (TPSA) is 20.2 Å². The van der Waals surface area contributed by atoms with E-state index < -0.39 is 12.9 Å². The van der Waals surface area contributed by atoms with Gasteiger partial charge in [-0.15, -0.1) is 0 Å². The second-order valence-electron chi connectivity index (χ2n) is 8.07. The maximum atomic E-state index is 11.6. The maximum absolute atomic E-state index is 11.6. The van der Waals surface area contributed by atoms with E-state index in [1.807, 2.05) is 0 Å². The van der Waals surface area contributed by atoms with Crippen LogP contribution in [0.1, 0.15) is 47.0 Å². The van der Waals surface area contributed by atoms with Crippen LogP contribution in [-0.4, -0.2) is 30.0 Å². The van der Waals surface area contributed by atoms with Gasteiger partial charge in [-0.25, -0.2) is 0 Å². The second-order valence-corrected chi connectivity index (χ2v) is 10.1. The van der Waals surface area contributed by atoms with Gasteiger partial charge < -0.3 is 22.4 Å². The molecule has 7 heteroatoms. The molecule has 0 spiro atoms. The van der Waals surface area contributed by atoms with Crippen molar-refractivity contribution in [1.29, 1.82) is 0 Å². The number of rotatable bonds is 3. The van der Waals surface area contributed by atoms with Crippen molar-refractivity contribution in [3.05, 3.63) is 30.3 Å². The Bertz CT molecular complexity index is 524. The van der Waals surface area contributed by atoms with Gasteiger partial charge in [0.2, 0.25) is 0 Å². The summed E-state index contributed by atoms with van der Waals surface area (Å²) in [5.41, 5.74) is -0.610. The third-order valence-electron chi connectivity index (χ3n) is 5.41. The summed E-state index contributed by atoms with van der Waals surface area (Å²) in [5.74, 6) is 0.872. The van der Waals surface area contributed by atoms with Crippen LogP contribution in [0.2, 0.25) is 0 Å². The first kappa shape index (κ1) is 22.4. The summed E-state index contributed by atoms with van der Waals surface area (Å²) in [7, 11) is -5.91. The Kier molecular flexibility index (Phi) is 7.07. The van der Waals surface area contributed by atoms with E-state index in [1.165, 1.54) is 11.3 Å². The van der Waals surface area contributed by atoms with Crippen LogP contribution in [0, 0.1) is 10.8 Å². The Morgan fingerprint density at radius 3 is 1.76 bits per heavy atom. The Labute approximate surface area is 151 Å². The van der Waals surface area contributed by atoms with Crippen molar-refractivity contribution in [2.45, 2.75) is 57.5 Å². The highest BCUT2D eigenvalue weighted by atomic mass is 32.2. The van der Waals surface area contributed by atoms with Crippen molar-refractivity contribution in [2.75, 3.05) is 12.0 Å². The molecule has 144 valence electrons. The first-order valence-corrected chi connectivity index (χ1v) is 10.3.